The second-order valence-electron chi connectivity index (χ2n) is 10.7. The summed E-state index contributed by atoms with van der Waals surface area (Å²) in [6.45, 7) is 6.92. The van der Waals surface area contributed by atoms with E-state index in [2.05, 4.69) is 5.32 Å². The zero-order valence-corrected chi connectivity index (χ0v) is 24.4. The number of rotatable bonds is 11. The molecule has 1 aliphatic heterocycles. The van der Waals surface area contributed by atoms with Crippen LogP contribution in [0.15, 0.2) is 42.5 Å². The topological polar surface area (TPSA) is 98.7 Å². The van der Waals surface area contributed by atoms with E-state index < -0.39 is 23.8 Å². The largest absolute Gasteiger partial charge is 0.344 e. The van der Waals surface area contributed by atoms with E-state index in [9.17, 15) is 19.6 Å². The van der Waals surface area contributed by atoms with E-state index in [0.717, 1.165) is 29.5 Å². The molecule has 2 unspecified atom stereocenters. The number of carbonyl (C=O) groups excluding carboxylic acids is 3. The monoisotopic (exact) mass is 575 g/mol. The maximum Gasteiger partial charge on any atom is 0.247 e. The lowest BCUT2D eigenvalue weighted by Gasteiger charge is -2.29. The van der Waals surface area contributed by atoms with Gasteiger partial charge >= 0.3 is 0 Å². The van der Waals surface area contributed by atoms with Crippen molar-refractivity contribution in [2.75, 3.05) is 6.54 Å². The Morgan fingerprint density at radius 1 is 1.08 bits per heavy atom. The predicted octanol–water partition coefficient (Wildman–Crippen LogP) is 6.24. The summed E-state index contributed by atoms with van der Waals surface area (Å²) in [6.07, 6.45) is 3.82. The van der Waals surface area contributed by atoms with Crippen LogP contribution in [0.4, 0.5) is 0 Å². The van der Waals surface area contributed by atoms with E-state index in [1.165, 1.54) is 0 Å². The average molecular weight is 577 g/mol. The number of amides is 3. The van der Waals surface area contributed by atoms with Crippen LogP contribution in [-0.4, -0.2) is 40.4 Å². The Balaban J connectivity index is 1.77. The normalized spacial score (nSPS) is 17.5. The Labute approximate surface area is 241 Å². The van der Waals surface area contributed by atoms with E-state index in [0.29, 0.717) is 48.8 Å². The van der Waals surface area contributed by atoms with Crippen LogP contribution in [0.3, 0.4) is 0 Å². The van der Waals surface area contributed by atoms with E-state index >= 15 is 0 Å². The van der Waals surface area contributed by atoms with Crippen LogP contribution in [0.5, 0.6) is 0 Å². The van der Waals surface area contributed by atoms with Gasteiger partial charge in [-0.25, -0.2) is 5.48 Å². The number of likely N-dealkylation sites (tertiary alicyclic amines) is 1. The van der Waals surface area contributed by atoms with Gasteiger partial charge in [0, 0.05) is 34.6 Å². The molecule has 3 rings (SSSR count). The van der Waals surface area contributed by atoms with Crippen molar-refractivity contribution in [1.29, 1.82) is 0 Å². The highest BCUT2D eigenvalue weighted by molar-refractivity contribution is 6.36. The number of hydroxylamine groups is 1. The van der Waals surface area contributed by atoms with Gasteiger partial charge in [-0.05, 0) is 67.3 Å². The molecule has 0 radical (unpaired) electrons. The maximum atomic E-state index is 13.6. The van der Waals surface area contributed by atoms with Crippen LogP contribution in [0.25, 0.3) is 11.1 Å². The van der Waals surface area contributed by atoms with Crippen LogP contribution >= 0.6 is 23.2 Å². The summed E-state index contributed by atoms with van der Waals surface area (Å²) in [5.41, 5.74) is 4.48. The van der Waals surface area contributed by atoms with Gasteiger partial charge in [-0.15, -0.1) is 0 Å². The van der Waals surface area contributed by atoms with E-state index in [4.69, 9.17) is 23.2 Å². The molecule has 3 atom stereocenters. The molecule has 9 heteroatoms. The van der Waals surface area contributed by atoms with Crippen molar-refractivity contribution in [3.8, 4) is 11.1 Å². The van der Waals surface area contributed by atoms with Gasteiger partial charge in [0.25, 0.3) is 0 Å². The molecule has 2 aromatic rings. The van der Waals surface area contributed by atoms with Gasteiger partial charge in [-0.2, -0.15) is 0 Å². The molecule has 0 aromatic heterocycles. The summed E-state index contributed by atoms with van der Waals surface area (Å²) in [7, 11) is 0. The van der Waals surface area contributed by atoms with Crippen LogP contribution in [-0.2, 0) is 20.9 Å². The summed E-state index contributed by atoms with van der Waals surface area (Å²) in [5, 5.41) is 13.4. The lowest BCUT2D eigenvalue weighted by Crippen LogP contribution is -2.51. The number of nitrogens with one attached hydrogen (secondary N) is 2. The molecule has 1 saturated heterocycles. The molecule has 0 bridgehead atoms. The Morgan fingerprint density at radius 2 is 1.85 bits per heavy atom. The van der Waals surface area contributed by atoms with Crippen molar-refractivity contribution < 1.29 is 19.6 Å². The third-order valence-electron chi connectivity index (χ3n) is 7.23. The summed E-state index contributed by atoms with van der Waals surface area (Å²) < 4.78 is 0. The fourth-order valence-electron chi connectivity index (χ4n) is 5.33. The molecule has 2 aromatic carbocycles. The summed E-state index contributed by atoms with van der Waals surface area (Å²) in [5.74, 6) is -2.14. The second kappa shape index (κ2) is 14.7. The molecule has 212 valence electrons. The third kappa shape index (κ3) is 8.44. The molecular formula is C30H39Cl2N3O4. The first-order chi connectivity index (χ1) is 18.6. The molecule has 1 heterocycles. The number of nitrogens with zero attached hydrogens (tertiary/aromatic N) is 1. The van der Waals surface area contributed by atoms with Gasteiger partial charge in [0.1, 0.15) is 6.04 Å². The van der Waals surface area contributed by atoms with Gasteiger partial charge in [0.15, 0.2) is 0 Å². The molecule has 1 aliphatic rings. The van der Waals surface area contributed by atoms with Crippen molar-refractivity contribution >= 4 is 40.9 Å². The SMILES string of the molecule is CCCC(C(=O)NO)C(CC(C)C)C(=O)N[C@H]1CCCCN(Cc2cccc(-c3ccc(Cl)cc3Cl)c2)C1=O. The summed E-state index contributed by atoms with van der Waals surface area (Å²) in [4.78, 5) is 41.3. The first-order valence-electron chi connectivity index (χ1n) is 13.7. The predicted molar refractivity (Wildman–Crippen MR) is 154 cm³/mol. The van der Waals surface area contributed by atoms with Crippen molar-refractivity contribution in [2.45, 2.75) is 71.9 Å². The minimum absolute atomic E-state index is 0.127. The highest BCUT2D eigenvalue weighted by atomic mass is 35.5. The molecular weight excluding hydrogens is 537 g/mol. The molecule has 1 fully saturated rings. The smallest absolute Gasteiger partial charge is 0.247 e. The molecule has 0 saturated carbocycles. The lowest BCUT2D eigenvalue weighted by atomic mass is 9.81. The second-order valence-corrected chi connectivity index (χ2v) is 11.6. The number of hydrogen-bond donors (Lipinski definition) is 3. The summed E-state index contributed by atoms with van der Waals surface area (Å²) >= 11 is 12.5. The first kappa shape index (κ1) is 30.9. The van der Waals surface area contributed by atoms with E-state index in [-0.39, 0.29) is 17.7 Å². The van der Waals surface area contributed by atoms with Crippen molar-refractivity contribution in [2.24, 2.45) is 17.8 Å². The highest BCUT2D eigenvalue weighted by Gasteiger charge is 2.36. The van der Waals surface area contributed by atoms with Gasteiger partial charge in [-0.3, -0.25) is 19.6 Å². The highest BCUT2D eigenvalue weighted by Crippen LogP contribution is 2.31. The molecule has 0 aliphatic carbocycles. The fourth-order valence-corrected chi connectivity index (χ4v) is 5.84. The Kier molecular flexibility index (Phi) is 11.6. The Morgan fingerprint density at radius 3 is 2.51 bits per heavy atom. The molecule has 39 heavy (non-hydrogen) atoms. The van der Waals surface area contributed by atoms with E-state index in [1.54, 1.807) is 22.5 Å². The average Bonchev–Trinajstić information content (AvgIpc) is 3.06. The lowest BCUT2D eigenvalue weighted by molar-refractivity contribution is -0.143. The van der Waals surface area contributed by atoms with Gasteiger partial charge in [0.05, 0.1) is 5.92 Å². The minimum Gasteiger partial charge on any atom is -0.344 e. The number of halogens is 2. The van der Waals surface area contributed by atoms with Crippen LogP contribution in [0, 0.1) is 17.8 Å². The zero-order valence-electron chi connectivity index (χ0n) is 22.9. The van der Waals surface area contributed by atoms with Gasteiger partial charge in [-0.1, -0.05) is 74.7 Å². The molecule has 0 spiro atoms. The summed E-state index contributed by atoms with van der Waals surface area (Å²) in [6, 6.07) is 12.6. The van der Waals surface area contributed by atoms with Crippen LogP contribution in [0.2, 0.25) is 10.0 Å². The van der Waals surface area contributed by atoms with Crippen molar-refractivity contribution in [3.05, 3.63) is 58.1 Å². The van der Waals surface area contributed by atoms with Crippen LogP contribution < -0.4 is 10.8 Å². The van der Waals surface area contributed by atoms with E-state index in [1.807, 2.05) is 51.1 Å². The molecule has 7 nitrogen and oxygen atoms in total. The zero-order chi connectivity index (χ0) is 28.5. The number of benzene rings is 2. The van der Waals surface area contributed by atoms with Gasteiger partial charge < -0.3 is 10.2 Å². The Bertz CT molecular complexity index is 1160. The molecule has 3 N–H and O–H groups in total. The van der Waals surface area contributed by atoms with Crippen molar-refractivity contribution in [1.82, 2.24) is 15.7 Å². The quantitative estimate of drug-likeness (QED) is 0.218. The third-order valence-corrected chi connectivity index (χ3v) is 7.78. The Hall–Kier alpha value is -2.61. The maximum absolute atomic E-state index is 13.6. The number of hydrogen-bond acceptors (Lipinski definition) is 4. The number of carbonyl (C=O) groups is 3. The van der Waals surface area contributed by atoms with Crippen LogP contribution in [0.1, 0.15) is 64.9 Å². The standard InChI is InChI=1S/C30H39Cl2N3O4/c1-4-8-24(29(37)34-39)25(15-19(2)3)28(36)33-27-11-5-6-14-35(30(27)38)18-20-9-7-10-21(16-20)23-13-12-22(31)17-26(23)32/h7,9-10,12-13,16-17,19,24-25,27,39H,4-6,8,11,14-15,18H2,1-3H3,(H,33,36)(H,34,37)/t24?,25?,27-/m0/s1. The van der Waals surface area contributed by atoms with Crippen molar-refractivity contribution in [3.63, 3.8) is 0 Å². The first-order valence-corrected chi connectivity index (χ1v) is 14.5. The fraction of sp³-hybridized carbons (Fsp3) is 0.500. The van der Waals surface area contributed by atoms with Gasteiger partial charge in [0.2, 0.25) is 17.7 Å². The molecule has 3 amide bonds. The minimum atomic E-state index is -0.665.